The fraction of sp³-hybridized carbons (Fsp3) is 0.455. The lowest BCUT2D eigenvalue weighted by Crippen LogP contribution is -2.23. The standard InChI is InChI=1S/C11H17N3O4S/c1-7(8(2)12)10-5-4-9(19(17,18)13-3)6-11(10)14(15)16/h4-8,13H,12H2,1-3H3. The van der Waals surface area contributed by atoms with E-state index in [1.165, 1.54) is 19.2 Å². The van der Waals surface area contributed by atoms with Gasteiger partial charge < -0.3 is 5.73 Å². The average Bonchev–Trinajstić information content (AvgIpc) is 2.36. The Morgan fingerprint density at radius 2 is 1.95 bits per heavy atom. The number of rotatable bonds is 5. The molecule has 7 nitrogen and oxygen atoms in total. The minimum absolute atomic E-state index is 0.137. The Morgan fingerprint density at radius 3 is 2.37 bits per heavy atom. The zero-order valence-corrected chi connectivity index (χ0v) is 11.8. The topological polar surface area (TPSA) is 115 Å². The molecule has 3 N–H and O–H groups in total. The minimum atomic E-state index is -3.70. The van der Waals surface area contributed by atoms with Gasteiger partial charge in [0.15, 0.2) is 0 Å². The summed E-state index contributed by atoms with van der Waals surface area (Å²) in [6.07, 6.45) is 0. The Kier molecular flexibility index (Phi) is 4.61. The molecule has 0 bridgehead atoms. The van der Waals surface area contributed by atoms with Crippen LogP contribution in [0.15, 0.2) is 23.1 Å². The molecule has 0 aliphatic carbocycles. The maximum atomic E-state index is 11.6. The van der Waals surface area contributed by atoms with Crippen LogP contribution >= 0.6 is 0 Å². The lowest BCUT2D eigenvalue weighted by atomic mass is 9.93. The molecule has 1 rings (SSSR count). The first kappa shape index (κ1) is 15.5. The highest BCUT2D eigenvalue weighted by Gasteiger charge is 2.24. The summed E-state index contributed by atoms with van der Waals surface area (Å²) in [5.74, 6) is -0.244. The molecule has 2 unspecified atom stereocenters. The largest absolute Gasteiger partial charge is 0.327 e. The highest BCUT2D eigenvalue weighted by atomic mass is 32.2. The number of nitro benzene ring substituents is 1. The van der Waals surface area contributed by atoms with E-state index in [0.717, 1.165) is 6.07 Å². The zero-order valence-electron chi connectivity index (χ0n) is 11.0. The van der Waals surface area contributed by atoms with Crippen molar-refractivity contribution in [3.63, 3.8) is 0 Å². The molecule has 1 aromatic carbocycles. The molecule has 0 aromatic heterocycles. The third kappa shape index (κ3) is 3.28. The fourth-order valence-corrected chi connectivity index (χ4v) is 2.38. The average molecular weight is 287 g/mol. The van der Waals surface area contributed by atoms with Crippen LogP contribution in [0.1, 0.15) is 25.3 Å². The summed E-state index contributed by atoms with van der Waals surface area (Å²) >= 11 is 0. The zero-order chi connectivity index (χ0) is 14.8. The van der Waals surface area contributed by atoms with Crippen molar-refractivity contribution in [2.24, 2.45) is 5.73 Å². The second-order valence-electron chi connectivity index (χ2n) is 4.33. The molecular formula is C11H17N3O4S. The monoisotopic (exact) mass is 287 g/mol. The van der Waals surface area contributed by atoms with Crippen molar-refractivity contribution in [2.45, 2.75) is 30.7 Å². The van der Waals surface area contributed by atoms with Crippen LogP contribution < -0.4 is 10.5 Å². The van der Waals surface area contributed by atoms with E-state index in [9.17, 15) is 18.5 Å². The maximum Gasteiger partial charge on any atom is 0.274 e. The Morgan fingerprint density at radius 1 is 1.37 bits per heavy atom. The first-order chi connectivity index (χ1) is 8.70. The quantitative estimate of drug-likeness (QED) is 0.618. The van der Waals surface area contributed by atoms with Crippen LogP contribution in [0.4, 0.5) is 5.69 Å². The Labute approximate surface area is 112 Å². The van der Waals surface area contributed by atoms with Gasteiger partial charge in [-0.2, -0.15) is 0 Å². The molecule has 0 aliphatic heterocycles. The predicted molar refractivity (Wildman–Crippen MR) is 71.4 cm³/mol. The van der Waals surface area contributed by atoms with Gasteiger partial charge in [-0.25, -0.2) is 13.1 Å². The van der Waals surface area contributed by atoms with Gasteiger partial charge in [0.05, 0.1) is 9.82 Å². The number of hydrogen-bond acceptors (Lipinski definition) is 5. The van der Waals surface area contributed by atoms with Crippen LogP contribution in [0.5, 0.6) is 0 Å². The molecule has 0 aliphatic rings. The molecule has 0 saturated carbocycles. The van der Waals surface area contributed by atoms with Gasteiger partial charge in [0.25, 0.3) is 5.69 Å². The van der Waals surface area contributed by atoms with E-state index >= 15 is 0 Å². The number of nitro groups is 1. The molecule has 0 radical (unpaired) electrons. The van der Waals surface area contributed by atoms with Crippen molar-refractivity contribution < 1.29 is 13.3 Å². The van der Waals surface area contributed by atoms with E-state index in [2.05, 4.69) is 4.72 Å². The van der Waals surface area contributed by atoms with Crippen molar-refractivity contribution in [3.05, 3.63) is 33.9 Å². The lowest BCUT2D eigenvalue weighted by Gasteiger charge is -2.16. The van der Waals surface area contributed by atoms with E-state index in [1.54, 1.807) is 13.8 Å². The summed E-state index contributed by atoms with van der Waals surface area (Å²) in [6.45, 7) is 3.51. The van der Waals surface area contributed by atoms with Crippen molar-refractivity contribution in [1.82, 2.24) is 4.72 Å². The molecular weight excluding hydrogens is 270 g/mol. The van der Waals surface area contributed by atoms with E-state index in [1.807, 2.05) is 0 Å². The van der Waals surface area contributed by atoms with Gasteiger partial charge in [-0.05, 0) is 20.0 Å². The maximum absolute atomic E-state index is 11.6. The normalized spacial score (nSPS) is 14.9. The molecule has 0 fully saturated rings. The molecule has 106 valence electrons. The third-order valence-electron chi connectivity index (χ3n) is 3.06. The van der Waals surface area contributed by atoms with Crippen molar-refractivity contribution in [3.8, 4) is 0 Å². The number of nitrogens with one attached hydrogen (secondary N) is 1. The summed E-state index contributed by atoms with van der Waals surface area (Å²) in [5, 5.41) is 11.1. The second-order valence-corrected chi connectivity index (χ2v) is 6.22. The van der Waals surface area contributed by atoms with Crippen molar-refractivity contribution in [2.75, 3.05) is 7.05 Å². The SMILES string of the molecule is CNS(=O)(=O)c1ccc(C(C)C(C)N)c([N+](=O)[O-])c1. The summed E-state index contributed by atoms with van der Waals surface area (Å²) < 4.78 is 25.4. The van der Waals surface area contributed by atoms with Gasteiger partial charge in [-0.3, -0.25) is 10.1 Å². The molecule has 0 saturated heterocycles. The van der Waals surface area contributed by atoms with Crippen LogP contribution in [0.25, 0.3) is 0 Å². The lowest BCUT2D eigenvalue weighted by molar-refractivity contribution is -0.386. The predicted octanol–water partition coefficient (Wildman–Crippen LogP) is 0.954. The molecule has 0 amide bonds. The van der Waals surface area contributed by atoms with Gasteiger partial charge >= 0.3 is 0 Å². The van der Waals surface area contributed by atoms with Crippen LogP contribution in [-0.4, -0.2) is 26.4 Å². The molecule has 0 heterocycles. The van der Waals surface area contributed by atoms with E-state index < -0.39 is 14.9 Å². The van der Waals surface area contributed by atoms with Gasteiger partial charge in [0.2, 0.25) is 10.0 Å². The number of benzene rings is 1. The van der Waals surface area contributed by atoms with Crippen molar-refractivity contribution >= 4 is 15.7 Å². The first-order valence-electron chi connectivity index (χ1n) is 5.68. The summed E-state index contributed by atoms with van der Waals surface area (Å²) in [4.78, 5) is 10.3. The Hall–Kier alpha value is -1.51. The molecule has 0 spiro atoms. The Bertz CT molecular complexity index is 584. The highest BCUT2D eigenvalue weighted by Crippen LogP contribution is 2.30. The number of nitrogens with zero attached hydrogens (tertiary/aromatic N) is 1. The highest BCUT2D eigenvalue weighted by molar-refractivity contribution is 7.89. The summed E-state index contributed by atoms with van der Waals surface area (Å²) in [6, 6.07) is 3.56. The Balaban J connectivity index is 3.43. The number of sulfonamides is 1. The minimum Gasteiger partial charge on any atom is -0.327 e. The third-order valence-corrected chi connectivity index (χ3v) is 4.47. The van der Waals surface area contributed by atoms with Gasteiger partial charge in [-0.1, -0.05) is 13.0 Å². The van der Waals surface area contributed by atoms with Crippen LogP contribution in [-0.2, 0) is 10.0 Å². The van der Waals surface area contributed by atoms with E-state index in [0.29, 0.717) is 5.56 Å². The fourth-order valence-electron chi connectivity index (χ4n) is 1.63. The van der Waals surface area contributed by atoms with E-state index in [-0.39, 0.29) is 22.5 Å². The van der Waals surface area contributed by atoms with Crippen LogP contribution in [0, 0.1) is 10.1 Å². The van der Waals surface area contributed by atoms with Crippen molar-refractivity contribution in [1.29, 1.82) is 0 Å². The van der Waals surface area contributed by atoms with Gasteiger partial charge in [-0.15, -0.1) is 0 Å². The van der Waals surface area contributed by atoms with Gasteiger partial charge in [0, 0.05) is 23.6 Å². The van der Waals surface area contributed by atoms with Crippen LogP contribution in [0.3, 0.4) is 0 Å². The molecule has 19 heavy (non-hydrogen) atoms. The summed E-state index contributed by atoms with van der Waals surface area (Å²) in [5.41, 5.74) is 5.92. The van der Waals surface area contributed by atoms with Gasteiger partial charge in [0.1, 0.15) is 0 Å². The smallest absolute Gasteiger partial charge is 0.274 e. The van der Waals surface area contributed by atoms with Crippen LogP contribution in [0.2, 0.25) is 0 Å². The first-order valence-corrected chi connectivity index (χ1v) is 7.16. The molecule has 1 aromatic rings. The number of hydrogen-bond donors (Lipinski definition) is 2. The molecule has 8 heteroatoms. The number of nitrogens with two attached hydrogens (primary N) is 1. The summed E-state index contributed by atoms with van der Waals surface area (Å²) in [7, 11) is -2.45. The molecule has 2 atom stereocenters. The van der Waals surface area contributed by atoms with E-state index in [4.69, 9.17) is 5.73 Å². The second kappa shape index (κ2) is 5.64.